The Balaban J connectivity index is 0.00000210. The van der Waals surface area contributed by atoms with Crippen LogP contribution in [0.25, 0.3) is 0 Å². The molecule has 0 bridgehead atoms. The fraction of sp³-hybridized carbons (Fsp3) is 0.400. The molecule has 2 aliphatic rings. The van der Waals surface area contributed by atoms with E-state index in [0.717, 1.165) is 41.8 Å². The predicted molar refractivity (Wildman–Crippen MR) is 108 cm³/mol. The first-order chi connectivity index (χ1) is 12.6. The average molecular weight is 408 g/mol. The molecule has 1 aliphatic heterocycles. The lowest BCUT2D eigenvalue weighted by Crippen LogP contribution is -2.49. The van der Waals surface area contributed by atoms with Crippen LogP contribution in [0.1, 0.15) is 56.6 Å². The molecule has 1 fully saturated rings. The van der Waals surface area contributed by atoms with Gasteiger partial charge in [-0.1, -0.05) is 29.8 Å². The van der Waals surface area contributed by atoms with Gasteiger partial charge in [-0.25, -0.2) is 0 Å². The van der Waals surface area contributed by atoms with E-state index in [9.17, 15) is 9.59 Å². The van der Waals surface area contributed by atoms with Gasteiger partial charge in [0.25, 0.3) is 5.91 Å². The highest BCUT2D eigenvalue weighted by molar-refractivity contribution is 6.31. The van der Waals surface area contributed by atoms with Gasteiger partial charge in [-0.15, -0.1) is 12.4 Å². The highest BCUT2D eigenvalue weighted by Crippen LogP contribution is 2.32. The molecule has 1 aliphatic carbocycles. The Morgan fingerprint density at radius 1 is 1.26 bits per heavy atom. The lowest BCUT2D eigenvalue weighted by Gasteiger charge is -2.37. The fourth-order valence-electron chi connectivity index (χ4n) is 4.10. The quantitative estimate of drug-likeness (QED) is 0.797. The number of carbonyl (C=O) groups excluding carboxylic acids is 2. The van der Waals surface area contributed by atoms with Gasteiger partial charge in [0.05, 0.1) is 6.04 Å². The highest BCUT2D eigenvalue weighted by atomic mass is 35.5. The third-order valence-corrected chi connectivity index (χ3v) is 5.76. The number of fused-ring (bicyclic) bond motifs is 1. The summed E-state index contributed by atoms with van der Waals surface area (Å²) in [6, 6.07) is 7.53. The molecular formula is C20H23Cl2N3O2. The average Bonchev–Trinajstić information content (AvgIpc) is 2.99. The molecule has 1 amide bonds. The highest BCUT2D eigenvalue weighted by Gasteiger charge is 2.33. The van der Waals surface area contributed by atoms with E-state index >= 15 is 0 Å². The van der Waals surface area contributed by atoms with Crippen LogP contribution in [0.15, 0.2) is 24.3 Å². The summed E-state index contributed by atoms with van der Waals surface area (Å²) >= 11 is 6.39. The number of aryl methyl sites for hydroxylation is 1. The molecule has 1 aromatic heterocycles. The van der Waals surface area contributed by atoms with Crippen molar-refractivity contribution in [3.8, 4) is 0 Å². The first kappa shape index (κ1) is 19.9. The molecule has 144 valence electrons. The SMILES string of the molecule is Cc1c(C(=O)N2CCNCC2c2ccccc2Cl)[nH]c2c1C(=O)CCC2.Cl. The van der Waals surface area contributed by atoms with Crippen LogP contribution in [-0.4, -0.2) is 41.2 Å². The molecule has 1 aromatic carbocycles. The summed E-state index contributed by atoms with van der Waals surface area (Å²) in [4.78, 5) is 30.7. The third kappa shape index (κ3) is 3.51. The molecule has 1 unspecified atom stereocenters. The summed E-state index contributed by atoms with van der Waals surface area (Å²) in [6.07, 6.45) is 2.23. The predicted octanol–water partition coefficient (Wildman–Crippen LogP) is 3.70. The molecule has 7 heteroatoms. The van der Waals surface area contributed by atoms with Crippen molar-refractivity contribution in [2.45, 2.75) is 32.2 Å². The number of piperazine rings is 1. The van der Waals surface area contributed by atoms with Crippen LogP contribution in [0.5, 0.6) is 0 Å². The monoisotopic (exact) mass is 407 g/mol. The largest absolute Gasteiger partial charge is 0.354 e. The first-order valence-corrected chi connectivity index (χ1v) is 9.46. The van der Waals surface area contributed by atoms with Crippen LogP contribution in [0.3, 0.4) is 0 Å². The molecule has 1 atom stereocenters. The second kappa shape index (κ2) is 8.05. The van der Waals surface area contributed by atoms with Crippen molar-refractivity contribution in [3.63, 3.8) is 0 Å². The number of Topliss-reactive ketones (excluding diaryl/α,β-unsaturated/α-hetero) is 1. The molecule has 0 radical (unpaired) electrons. The number of halogens is 2. The Morgan fingerprint density at radius 2 is 2.04 bits per heavy atom. The molecule has 2 aromatic rings. The summed E-state index contributed by atoms with van der Waals surface area (Å²) in [5, 5.41) is 4.01. The van der Waals surface area contributed by atoms with Crippen LogP contribution in [0.2, 0.25) is 5.02 Å². The number of hydrogen-bond donors (Lipinski definition) is 2. The second-order valence-corrected chi connectivity index (χ2v) is 7.40. The van der Waals surface area contributed by atoms with Gasteiger partial charge in [-0.05, 0) is 37.0 Å². The summed E-state index contributed by atoms with van der Waals surface area (Å²) in [6.45, 7) is 3.88. The number of rotatable bonds is 2. The molecule has 0 saturated carbocycles. The van der Waals surface area contributed by atoms with Crippen LogP contribution >= 0.6 is 24.0 Å². The Bertz CT molecular complexity index is 878. The third-order valence-electron chi connectivity index (χ3n) is 5.42. The molecule has 0 spiro atoms. The number of carbonyl (C=O) groups is 2. The summed E-state index contributed by atoms with van der Waals surface area (Å²) in [5.41, 5.74) is 3.91. The van der Waals surface area contributed by atoms with E-state index in [1.807, 2.05) is 36.1 Å². The van der Waals surface area contributed by atoms with Crippen molar-refractivity contribution in [3.05, 3.63) is 57.4 Å². The zero-order chi connectivity index (χ0) is 18.3. The zero-order valence-electron chi connectivity index (χ0n) is 15.2. The Kier molecular flexibility index (Phi) is 5.94. The van der Waals surface area contributed by atoms with Crippen LogP contribution in [-0.2, 0) is 6.42 Å². The van der Waals surface area contributed by atoms with E-state index in [0.29, 0.717) is 30.2 Å². The molecule has 4 rings (SSSR count). The number of aromatic amines is 1. The van der Waals surface area contributed by atoms with E-state index in [-0.39, 0.29) is 30.1 Å². The second-order valence-electron chi connectivity index (χ2n) is 7.00. The number of ketones is 1. The molecule has 2 N–H and O–H groups in total. The first-order valence-electron chi connectivity index (χ1n) is 9.08. The van der Waals surface area contributed by atoms with Crippen molar-refractivity contribution in [1.82, 2.24) is 15.2 Å². The minimum Gasteiger partial charge on any atom is -0.354 e. The lowest BCUT2D eigenvalue weighted by molar-refractivity contribution is 0.0628. The van der Waals surface area contributed by atoms with Gasteiger partial charge in [0.15, 0.2) is 5.78 Å². The Labute approximate surface area is 169 Å². The normalized spacial score (nSPS) is 19.4. The molecule has 2 heterocycles. The number of nitrogens with zero attached hydrogens (tertiary/aromatic N) is 1. The topological polar surface area (TPSA) is 65.2 Å². The number of aromatic nitrogens is 1. The molecule has 5 nitrogen and oxygen atoms in total. The zero-order valence-corrected chi connectivity index (χ0v) is 16.8. The maximum absolute atomic E-state index is 13.4. The fourth-order valence-corrected chi connectivity index (χ4v) is 4.36. The summed E-state index contributed by atoms with van der Waals surface area (Å²) in [7, 11) is 0. The molecule has 1 saturated heterocycles. The maximum Gasteiger partial charge on any atom is 0.271 e. The summed E-state index contributed by atoms with van der Waals surface area (Å²) in [5.74, 6) is 0.0816. The number of nitrogens with one attached hydrogen (secondary N) is 2. The van der Waals surface area contributed by atoms with Gasteiger partial charge in [0.1, 0.15) is 5.69 Å². The van der Waals surface area contributed by atoms with E-state index < -0.39 is 0 Å². The molecular weight excluding hydrogens is 385 g/mol. The van der Waals surface area contributed by atoms with Crippen LogP contribution in [0.4, 0.5) is 0 Å². The van der Waals surface area contributed by atoms with Crippen LogP contribution < -0.4 is 5.32 Å². The minimum absolute atomic E-state index is 0. The number of H-pyrrole nitrogens is 1. The van der Waals surface area contributed by atoms with Gasteiger partial charge in [0.2, 0.25) is 0 Å². The minimum atomic E-state index is -0.125. The Hall–Kier alpha value is -1.82. The Morgan fingerprint density at radius 3 is 2.78 bits per heavy atom. The van der Waals surface area contributed by atoms with Gasteiger partial charge < -0.3 is 15.2 Å². The number of hydrogen-bond acceptors (Lipinski definition) is 3. The van der Waals surface area contributed by atoms with Crippen molar-refractivity contribution in [2.75, 3.05) is 19.6 Å². The van der Waals surface area contributed by atoms with E-state index in [1.165, 1.54) is 0 Å². The van der Waals surface area contributed by atoms with Crippen molar-refractivity contribution < 1.29 is 9.59 Å². The maximum atomic E-state index is 13.4. The standard InChI is InChI=1S/C20H22ClN3O2.ClH/c1-12-18-15(7-4-8-17(18)25)23-19(12)20(26)24-10-9-22-11-16(24)13-5-2-3-6-14(13)21;/h2-3,5-6,16,22-23H,4,7-11H2,1H3;1H. The van der Waals surface area contributed by atoms with Crippen molar-refractivity contribution >= 4 is 35.7 Å². The van der Waals surface area contributed by atoms with E-state index in [4.69, 9.17) is 11.6 Å². The van der Waals surface area contributed by atoms with Gasteiger partial charge in [-0.3, -0.25) is 9.59 Å². The molecule has 27 heavy (non-hydrogen) atoms. The number of benzene rings is 1. The van der Waals surface area contributed by atoms with E-state index in [1.54, 1.807) is 0 Å². The lowest BCUT2D eigenvalue weighted by atomic mass is 9.93. The van der Waals surface area contributed by atoms with E-state index in [2.05, 4.69) is 10.3 Å². The summed E-state index contributed by atoms with van der Waals surface area (Å²) < 4.78 is 0. The van der Waals surface area contributed by atoms with Gasteiger partial charge in [0, 0.05) is 42.3 Å². The van der Waals surface area contributed by atoms with Crippen molar-refractivity contribution in [2.24, 2.45) is 0 Å². The van der Waals surface area contributed by atoms with Crippen molar-refractivity contribution in [1.29, 1.82) is 0 Å². The van der Waals surface area contributed by atoms with Gasteiger partial charge >= 0.3 is 0 Å². The van der Waals surface area contributed by atoms with Crippen LogP contribution in [0, 0.1) is 6.92 Å². The smallest absolute Gasteiger partial charge is 0.271 e. The van der Waals surface area contributed by atoms with Gasteiger partial charge in [-0.2, -0.15) is 0 Å². The number of amides is 1.